The smallest absolute Gasteiger partial charge is 0.416 e. The highest BCUT2D eigenvalue weighted by Gasteiger charge is 2.32. The summed E-state index contributed by atoms with van der Waals surface area (Å²) in [6.45, 7) is 1.72. The molecule has 1 rings (SSSR count). The van der Waals surface area contributed by atoms with Crippen molar-refractivity contribution in [2.75, 3.05) is 6.61 Å². The van der Waals surface area contributed by atoms with E-state index in [2.05, 4.69) is 17.4 Å². The molecule has 102 valence electrons. The first-order valence-corrected chi connectivity index (χ1v) is 5.73. The Morgan fingerprint density at radius 2 is 2.11 bits per heavy atom. The lowest BCUT2D eigenvalue weighted by atomic mass is 10.0. The van der Waals surface area contributed by atoms with Gasteiger partial charge in [-0.1, -0.05) is 0 Å². The minimum absolute atomic E-state index is 0.0214. The molecule has 0 heterocycles. The lowest BCUT2D eigenvalue weighted by Crippen LogP contribution is -2.11. The third-order valence-electron chi connectivity index (χ3n) is 2.28. The molecule has 0 aliphatic carbocycles. The maximum absolute atomic E-state index is 12.7. The van der Waals surface area contributed by atoms with Crippen LogP contribution in [0.2, 0.25) is 0 Å². The molecule has 0 fully saturated rings. The molecule has 0 saturated carbocycles. The van der Waals surface area contributed by atoms with Gasteiger partial charge in [-0.15, -0.1) is 12.6 Å². The Labute approximate surface area is 113 Å². The number of rotatable bonds is 3. The van der Waals surface area contributed by atoms with E-state index in [1.54, 1.807) is 13.0 Å². The fraction of sp³-hybridized carbons (Fsp3) is 0.333. The number of carbonyl (C=O) groups is 1. The molecule has 0 N–H and O–H groups in total. The molecule has 0 saturated heterocycles. The molecule has 7 heteroatoms. The number of nitrogens with zero attached hydrogens (tertiary/aromatic N) is 1. The molecule has 0 radical (unpaired) electrons. The van der Waals surface area contributed by atoms with Crippen molar-refractivity contribution in [2.24, 2.45) is 0 Å². The van der Waals surface area contributed by atoms with Gasteiger partial charge in [0, 0.05) is 4.90 Å². The standard InChI is InChI=1S/C12H10F3NO2S/c1-2-18-10(17)5-7-3-9(12(13,14)15)4-8(6-16)11(7)19/h3-4,19H,2,5H2,1H3. The van der Waals surface area contributed by atoms with Gasteiger partial charge in [-0.2, -0.15) is 18.4 Å². The Hall–Kier alpha value is -1.68. The maximum atomic E-state index is 12.7. The Morgan fingerprint density at radius 3 is 2.58 bits per heavy atom. The molecule has 1 aromatic carbocycles. The number of esters is 1. The topological polar surface area (TPSA) is 50.1 Å². The number of carbonyl (C=O) groups excluding carboxylic acids is 1. The van der Waals surface area contributed by atoms with Crippen LogP contribution < -0.4 is 0 Å². The van der Waals surface area contributed by atoms with E-state index < -0.39 is 17.7 Å². The van der Waals surface area contributed by atoms with Gasteiger partial charge < -0.3 is 4.74 Å². The quantitative estimate of drug-likeness (QED) is 0.687. The van der Waals surface area contributed by atoms with Crippen molar-refractivity contribution in [3.05, 3.63) is 28.8 Å². The molecule has 0 aromatic heterocycles. The number of thiol groups is 1. The molecule has 0 bridgehead atoms. The van der Waals surface area contributed by atoms with Gasteiger partial charge >= 0.3 is 12.1 Å². The van der Waals surface area contributed by atoms with Gasteiger partial charge in [0.25, 0.3) is 0 Å². The van der Waals surface area contributed by atoms with Gasteiger partial charge in [0.05, 0.1) is 24.2 Å². The fourth-order valence-corrected chi connectivity index (χ4v) is 1.70. The van der Waals surface area contributed by atoms with Crippen LogP contribution in [-0.4, -0.2) is 12.6 Å². The van der Waals surface area contributed by atoms with Crippen LogP contribution in [0.3, 0.4) is 0 Å². The van der Waals surface area contributed by atoms with Crippen molar-refractivity contribution in [3.63, 3.8) is 0 Å². The summed E-state index contributed by atoms with van der Waals surface area (Å²) in [5.41, 5.74) is -1.19. The van der Waals surface area contributed by atoms with E-state index in [1.807, 2.05) is 0 Å². The third kappa shape index (κ3) is 3.89. The summed E-state index contributed by atoms with van der Waals surface area (Å²) in [4.78, 5) is 11.4. The van der Waals surface area contributed by atoms with E-state index in [-0.39, 0.29) is 29.1 Å². The predicted octanol–water partition coefficient (Wildman–Crippen LogP) is 2.97. The molecule has 0 aliphatic rings. The zero-order valence-electron chi connectivity index (χ0n) is 9.91. The third-order valence-corrected chi connectivity index (χ3v) is 2.80. The lowest BCUT2D eigenvalue weighted by molar-refractivity contribution is -0.142. The van der Waals surface area contributed by atoms with Crippen LogP contribution in [0.1, 0.15) is 23.6 Å². The summed E-state index contributed by atoms with van der Waals surface area (Å²) in [6.07, 6.45) is -4.94. The van der Waals surface area contributed by atoms with Crippen molar-refractivity contribution >= 4 is 18.6 Å². The summed E-state index contributed by atoms with van der Waals surface area (Å²) >= 11 is 3.98. The van der Waals surface area contributed by atoms with Gasteiger partial charge in [-0.25, -0.2) is 0 Å². The van der Waals surface area contributed by atoms with Crippen molar-refractivity contribution in [1.82, 2.24) is 0 Å². The first-order valence-electron chi connectivity index (χ1n) is 5.28. The molecule has 19 heavy (non-hydrogen) atoms. The Kier molecular flexibility index (Phi) is 4.84. The van der Waals surface area contributed by atoms with Crippen LogP contribution in [0, 0.1) is 11.3 Å². The minimum atomic E-state index is -4.59. The SMILES string of the molecule is CCOC(=O)Cc1cc(C(F)(F)F)cc(C#N)c1S. The van der Waals surface area contributed by atoms with Gasteiger partial charge in [-0.3, -0.25) is 4.79 Å². The van der Waals surface area contributed by atoms with Gasteiger partial charge in [0.1, 0.15) is 6.07 Å². The second-order valence-electron chi connectivity index (χ2n) is 3.62. The van der Waals surface area contributed by atoms with Gasteiger partial charge in [-0.05, 0) is 24.6 Å². The van der Waals surface area contributed by atoms with E-state index in [0.29, 0.717) is 6.07 Å². The number of hydrogen-bond donors (Lipinski definition) is 1. The van der Waals surface area contributed by atoms with Crippen molar-refractivity contribution < 1.29 is 22.7 Å². The lowest BCUT2D eigenvalue weighted by Gasteiger charge is -2.12. The number of alkyl halides is 3. The molecule has 0 spiro atoms. The molecule has 1 aromatic rings. The second-order valence-corrected chi connectivity index (χ2v) is 4.07. The van der Waals surface area contributed by atoms with Crippen molar-refractivity contribution in [2.45, 2.75) is 24.4 Å². The average Bonchev–Trinajstić information content (AvgIpc) is 2.30. The first kappa shape index (κ1) is 15.4. The number of ether oxygens (including phenoxy) is 1. The molecule has 3 nitrogen and oxygen atoms in total. The molecular weight excluding hydrogens is 279 g/mol. The average molecular weight is 289 g/mol. The summed E-state index contributed by atoms with van der Waals surface area (Å²) < 4.78 is 42.6. The van der Waals surface area contributed by atoms with E-state index in [0.717, 1.165) is 6.07 Å². The van der Waals surface area contributed by atoms with Crippen molar-refractivity contribution in [1.29, 1.82) is 5.26 Å². The molecule has 0 amide bonds. The highest BCUT2D eigenvalue weighted by Crippen LogP contribution is 2.33. The van der Waals surface area contributed by atoms with Gasteiger partial charge in [0.15, 0.2) is 0 Å². The summed E-state index contributed by atoms with van der Waals surface area (Å²) in [5.74, 6) is -0.666. The summed E-state index contributed by atoms with van der Waals surface area (Å²) in [5, 5.41) is 8.79. The number of halogens is 3. The van der Waals surface area contributed by atoms with Crippen molar-refractivity contribution in [3.8, 4) is 6.07 Å². The highest BCUT2D eigenvalue weighted by molar-refractivity contribution is 7.80. The highest BCUT2D eigenvalue weighted by atomic mass is 32.1. The molecule has 0 aliphatic heterocycles. The number of nitriles is 1. The second kappa shape index (κ2) is 5.97. The minimum Gasteiger partial charge on any atom is -0.466 e. The zero-order valence-corrected chi connectivity index (χ0v) is 10.8. The Morgan fingerprint density at radius 1 is 1.47 bits per heavy atom. The van der Waals surface area contributed by atoms with E-state index in [4.69, 9.17) is 5.26 Å². The van der Waals surface area contributed by atoms with Crippen LogP contribution >= 0.6 is 12.6 Å². The summed E-state index contributed by atoms with van der Waals surface area (Å²) in [7, 11) is 0. The molecular formula is C12H10F3NO2S. The first-order chi connectivity index (χ1) is 8.79. The summed E-state index contributed by atoms with van der Waals surface area (Å²) in [6, 6.07) is 3.14. The van der Waals surface area contributed by atoms with E-state index in [9.17, 15) is 18.0 Å². The fourth-order valence-electron chi connectivity index (χ4n) is 1.45. The van der Waals surface area contributed by atoms with Crippen LogP contribution in [-0.2, 0) is 22.1 Å². The van der Waals surface area contributed by atoms with E-state index >= 15 is 0 Å². The maximum Gasteiger partial charge on any atom is 0.416 e. The van der Waals surface area contributed by atoms with Crippen LogP contribution in [0.4, 0.5) is 13.2 Å². The number of benzene rings is 1. The monoisotopic (exact) mass is 289 g/mol. The van der Waals surface area contributed by atoms with Crippen LogP contribution in [0.15, 0.2) is 17.0 Å². The Bertz CT molecular complexity index is 535. The van der Waals surface area contributed by atoms with Gasteiger partial charge in [0.2, 0.25) is 0 Å². The normalized spacial score (nSPS) is 10.9. The molecule has 0 atom stereocenters. The van der Waals surface area contributed by atoms with Crippen LogP contribution in [0.25, 0.3) is 0 Å². The Balaban J connectivity index is 3.23. The predicted molar refractivity (Wildman–Crippen MR) is 63.7 cm³/mol. The molecule has 0 unspecified atom stereocenters. The number of hydrogen-bond acceptors (Lipinski definition) is 4. The largest absolute Gasteiger partial charge is 0.466 e. The van der Waals surface area contributed by atoms with Crippen LogP contribution in [0.5, 0.6) is 0 Å². The zero-order chi connectivity index (χ0) is 14.6. The van der Waals surface area contributed by atoms with E-state index in [1.165, 1.54) is 0 Å².